The molecule has 0 radical (unpaired) electrons. The van der Waals surface area contributed by atoms with Crippen molar-refractivity contribution in [3.05, 3.63) is 46.8 Å². The van der Waals surface area contributed by atoms with Crippen molar-refractivity contribution in [3.63, 3.8) is 0 Å². The summed E-state index contributed by atoms with van der Waals surface area (Å²) in [6.07, 6.45) is 3.62. The van der Waals surface area contributed by atoms with Gasteiger partial charge in [-0.05, 0) is 18.2 Å². The first-order valence-electron chi connectivity index (χ1n) is 6.51. The number of hydrogen-bond donors (Lipinski definition) is 2. The van der Waals surface area contributed by atoms with Gasteiger partial charge in [-0.1, -0.05) is 0 Å². The monoisotopic (exact) mass is 284 g/mol. The number of anilines is 2. The van der Waals surface area contributed by atoms with E-state index in [1.165, 1.54) is 0 Å². The molecule has 0 amide bonds. The Bertz CT molecular complexity index is 850. The van der Waals surface area contributed by atoms with Crippen molar-refractivity contribution in [3.8, 4) is 0 Å². The Morgan fingerprint density at radius 3 is 2.95 bits per heavy atom. The Morgan fingerprint density at radius 1 is 1.43 bits per heavy atom. The van der Waals surface area contributed by atoms with Crippen LogP contribution in [-0.4, -0.2) is 26.6 Å². The first-order valence-corrected chi connectivity index (χ1v) is 6.51. The summed E-state index contributed by atoms with van der Waals surface area (Å²) in [5, 5.41) is 0.490. The van der Waals surface area contributed by atoms with E-state index in [4.69, 9.17) is 5.73 Å². The van der Waals surface area contributed by atoms with Crippen LogP contribution in [-0.2, 0) is 13.6 Å². The molecule has 0 aliphatic carbocycles. The van der Waals surface area contributed by atoms with Crippen molar-refractivity contribution in [2.24, 2.45) is 7.05 Å². The fourth-order valence-corrected chi connectivity index (χ4v) is 2.16. The van der Waals surface area contributed by atoms with Crippen molar-refractivity contribution in [2.45, 2.75) is 6.54 Å². The standard InChI is InChI=1S/C14H16N6O/c1-19-6-5-16-12(19)8-20(2)14-17-11-4-3-9(15)7-10(11)13(21)18-14/h3-7H,8,15H2,1-2H3,(H,17,18,21). The van der Waals surface area contributed by atoms with E-state index in [0.29, 0.717) is 29.1 Å². The summed E-state index contributed by atoms with van der Waals surface area (Å²) in [4.78, 5) is 25.5. The number of nitrogen functional groups attached to an aromatic ring is 1. The maximum Gasteiger partial charge on any atom is 0.260 e. The number of nitrogens with one attached hydrogen (secondary N) is 1. The maximum absolute atomic E-state index is 12.1. The molecule has 3 N–H and O–H groups in total. The number of fused-ring (bicyclic) bond motifs is 1. The summed E-state index contributed by atoms with van der Waals surface area (Å²) in [5.74, 6) is 1.39. The molecule has 7 heteroatoms. The van der Waals surface area contributed by atoms with Crippen LogP contribution in [0.1, 0.15) is 5.82 Å². The minimum absolute atomic E-state index is 0.200. The summed E-state index contributed by atoms with van der Waals surface area (Å²) in [7, 11) is 3.78. The maximum atomic E-state index is 12.1. The summed E-state index contributed by atoms with van der Waals surface area (Å²) in [6.45, 7) is 0.549. The lowest BCUT2D eigenvalue weighted by Crippen LogP contribution is -2.24. The van der Waals surface area contributed by atoms with Crippen LogP contribution in [0, 0.1) is 0 Å². The van der Waals surface area contributed by atoms with Crippen molar-refractivity contribution in [1.82, 2.24) is 19.5 Å². The van der Waals surface area contributed by atoms with Crippen molar-refractivity contribution in [2.75, 3.05) is 17.7 Å². The molecule has 3 rings (SSSR count). The second-order valence-corrected chi connectivity index (χ2v) is 4.98. The highest BCUT2D eigenvalue weighted by molar-refractivity contribution is 5.81. The lowest BCUT2D eigenvalue weighted by molar-refractivity contribution is 0.747. The van der Waals surface area contributed by atoms with Crippen molar-refractivity contribution < 1.29 is 0 Å². The molecule has 0 bridgehead atoms. The molecule has 2 aromatic heterocycles. The van der Waals surface area contributed by atoms with Gasteiger partial charge in [-0.3, -0.25) is 9.78 Å². The van der Waals surface area contributed by atoms with Crippen LogP contribution in [0.5, 0.6) is 0 Å². The number of aryl methyl sites for hydroxylation is 1. The van der Waals surface area contributed by atoms with Crippen LogP contribution in [0.3, 0.4) is 0 Å². The molecular formula is C14H16N6O. The number of aromatic nitrogens is 4. The van der Waals surface area contributed by atoms with Crippen LogP contribution in [0.25, 0.3) is 10.9 Å². The predicted octanol–water partition coefficient (Wildman–Crippen LogP) is 0.875. The number of H-pyrrole nitrogens is 1. The number of imidazole rings is 1. The highest BCUT2D eigenvalue weighted by Gasteiger charge is 2.10. The fourth-order valence-electron chi connectivity index (χ4n) is 2.16. The van der Waals surface area contributed by atoms with Crippen LogP contribution in [0.2, 0.25) is 0 Å². The molecule has 0 saturated carbocycles. The van der Waals surface area contributed by atoms with Gasteiger partial charge < -0.3 is 15.2 Å². The summed E-state index contributed by atoms with van der Waals surface area (Å²) >= 11 is 0. The van der Waals surface area contributed by atoms with Gasteiger partial charge >= 0.3 is 0 Å². The van der Waals surface area contributed by atoms with Gasteiger partial charge in [0.15, 0.2) is 0 Å². The minimum Gasteiger partial charge on any atom is -0.399 e. The third-order valence-electron chi connectivity index (χ3n) is 3.38. The molecule has 1 aromatic carbocycles. The Hall–Kier alpha value is -2.83. The number of aromatic amines is 1. The molecule has 0 saturated heterocycles. The SMILES string of the molecule is CN(Cc1nccn1C)c1nc2ccc(N)cc2c(=O)[nH]1. The molecular weight excluding hydrogens is 268 g/mol. The number of nitrogens with two attached hydrogens (primary N) is 1. The Labute approximate surface area is 121 Å². The number of benzene rings is 1. The molecule has 7 nitrogen and oxygen atoms in total. The third kappa shape index (κ3) is 2.45. The second-order valence-electron chi connectivity index (χ2n) is 4.98. The second kappa shape index (κ2) is 4.93. The number of rotatable bonds is 3. The quantitative estimate of drug-likeness (QED) is 0.696. The molecule has 0 spiro atoms. The predicted molar refractivity (Wildman–Crippen MR) is 82.1 cm³/mol. The van der Waals surface area contributed by atoms with E-state index < -0.39 is 0 Å². The smallest absolute Gasteiger partial charge is 0.260 e. The third-order valence-corrected chi connectivity index (χ3v) is 3.38. The zero-order valence-corrected chi connectivity index (χ0v) is 11.9. The van der Waals surface area contributed by atoms with E-state index in [0.717, 1.165) is 5.82 Å². The summed E-state index contributed by atoms with van der Waals surface area (Å²) < 4.78 is 1.93. The Morgan fingerprint density at radius 2 is 2.24 bits per heavy atom. The van der Waals surface area contributed by atoms with Gasteiger partial charge in [-0.15, -0.1) is 0 Å². The van der Waals surface area contributed by atoms with Crippen LogP contribution in [0.15, 0.2) is 35.4 Å². The van der Waals surface area contributed by atoms with Gasteiger partial charge in [-0.2, -0.15) is 0 Å². The zero-order chi connectivity index (χ0) is 15.0. The minimum atomic E-state index is -0.200. The van der Waals surface area contributed by atoms with E-state index in [1.54, 1.807) is 24.4 Å². The van der Waals surface area contributed by atoms with Gasteiger partial charge in [-0.25, -0.2) is 9.97 Å². The average molecular weight is 284 g/mol. The van der Waals surface area contributed by atoms with Gasteiger partial charge in [0.1, 0.15) is 5.82 Å². The fraction of sp³-hybridized carbons (Fsp3) is 0.214. The van der Waals surface area contributed by atoms with Crippen LogP contribution >= 0.6 is 0 Å². The normalized spacial score (nSPS) is 11.0. The average Bonchev–Trinajstić information content (AvgIpc) is 2.85. The van der Waals surface area contributed by atoms with Gasteiger partial charge in [0, 0.05) is 32.2 Å². The largest absolute Gasteiger partial charge is 0.399 e. The van der Waals surface area contributed by atoms with E-state index in [1.807, 2.05) is 29.8 Å². The molecule has 21 heavy (non-hydrogen) atoms. The molecule has 2 heterocycles. The highest BCUT2D eigenvalue weighted by Crippen LogP contribution is 2.15. The van der Waals surface area contributed by atoms with Crippen molar-refractivity contribution >= 4 is 22.5 Å². The van der Waals surface area contributed by atoms with Crippen molar-refractivity contribution in [1.29, 1.82) is 0 Å². The molecule has 0 atom stereocenters. The molecule has 108 valence electrons. The first-order chi connectivity index (χ1) is 10.0. The van der Waals surface area contributed by atoms with Gasteiger partial charge in [0.05, 0.1) is 17.4 Å². The molecule has 3 aromatic rings. The van der Waals surface area contributed by atoms with Crippen LogP contribution in [0.4, 0.5) is 11.6 Å². The molecule has 0 aliphatic heterocycles. The van der Waals surface area contributed by atoms with E-state index in [9.17, 15) is 4.79 Å². The van der Waals surface area contributed by atoms with Crippen LogP contribution < -0.4 is 16.2 Å². The number of nitrogens with zero attached hydrogens (tertiary/aromatic N) is 4. The lowest BCUT2D eigenvalue weighted by atomic mass is 10.2. The van der Waals surface area contributed by atoms with E-state index in [-0.39, 0.29) is 5.56 Å². The summed E-state index contributed by atoms with van der Waals surface area (Å²) in [5.41, 5.74) is 6.66. The van der Waals surface area contributed by atoms with E-state index in [2.05, 4.69) is 15.0 Å². The van der Waals surface area contributed by atoms with Gasteiger partial charge in [0.25, 0.3) is 5.56 Å². The van der Waals surface area contributed by atoms with Gasteiger partial charge in [0.2, 0.25) is 5.95 Å². The van der Waals surface area contributed by atoms with E-state index >= 15 is 0 Å². The molecule has 0 unspecified atom stereocenters. The molecule has 0 fully saturated rings. The lowest BCUT2D eigenvalue weighted by Gasteiger charge is -2.17. The molecule has 0 aliphatic rings. The number of hydrogen-bond acceptors (Lipinski definition) is 5. The topological polar surface area (TPSA) is 92.8 Å². The Kier molecular flexibility index (Phi) is 3.09. The zero-order valence-electron chi connectivity index (χ0n) is 11.9. The summed E-state index contributed by atoms with van der Waals surface area (Å²) in [6, 6.07) is 5.11. The first kappa shape index (κ1) is 13.2. The Balaban J connectivity index is 1.99. The highest BCUT2D eigenvalue weighted by atomic mass is 16.1.